The minimum absolute atomic E-state index is 0. The molecular weight excluding hydrogens is 135 g/mol. The topological polar surface area (TPSA) is 0 Å². The second-order valence-corrected chi connectivity index (χ2v) is 1.99. The summed E-state index contributed by atoms with van der Waals surface area (Å²) in [5.41, 5.74) is 2.37. The van der Waals surface area contributed by atoms with Crippen molar-refractivity contribution in [3.63, 3.8) is 0 Å². The van der Waals surface area contributed by atoms with E-state index in [2.05, 4.69) is 26.0 Å². The van der Waals surface area contributed by atoms with Crippen LogP contribution in [0.4, 0.5) is 0 Å². The van der Waals surface area contributed by atoms with Gasteiger partial charge in [0.05, 0.1) is 0 Å². The van der Waals surface area contributed by atoms with Gasteiger partial charge < -0.3 is 0 Å². The molecule has 0 unspecified atom stereocenters. The summed E-state index contributed by atoms with van der Waals surface area (Å²) in [6.45, 7) is 5.83. The molecule has 0 atom stereocenters. The molecule has 0 nitrogen and oxygen atoms in total. The number of aryl methyl sites for hydroxylation is 1. The van der Waals surface area contributed by atoms with Crippen molar-refractivity contribution in [1.29, 1.82) is 0 Å². The second kappa shape index (κ2) is 4.64. The molecular formula is C8H10K. The van der Waals surface area contributed by atoms with Gasteiger partial charge >= 0.3 is 51.4 Å². The zero-order valence-corrected chi connectivity index (χ0v) is 5.02. The van der Waals surface area contributed by atoms with Crippen LogP contribution in [0.25, 0.3) is 0 Å². The Bertz CT molecular complexity index is 143. The number of rotatable bonds is 0. The average molecular weight is 145 g/mol. The van der Waals surface area contributed by atoms with Gasteiger partial charge in [-0.1, -0.05) is 29.8 Å². The predicted molar refractivity (Wildman–Crippen MR) is 42.8 cm³/mol. The Kier molecular flexibility index (Phi) is 5.08. The van der Waals surface area contributed by atoms with Crippen molar-refractivity contribution in [1.82, 2.24) is 0 Å². The van der Waals surface area contributed by atoms with Crippen LogP contribution in [0.3, 0.4) is 0 Å². The normalized spacial score (nSPS) is 8.22. The molecule has 1 heteroatoms. The van der Waals surface area contributed by atoms with Crippen molar-refractivity contribution in [2.24, 2.45) is 0 Å². The quantitative estimate of drug-likeness (QED) is 0.486. The van der Waals surface area contributed by atoms with Crippen LogP contribution in [0, 0.1) is 13.8 Å². The van der Waals surface area contributed by atoms with Crippen molar-refractivity contribution < 1.29 is 0 Å². The third kappa shape index (κ3) is 3.53. The van der Waals surface area contributed by atoms with Gasteiger partial charge in [-0.25, -0.2) is 0 Å². The molecule has 0 amide bonds. The Morgan fingerprint density at radius 1 is 1.11 bits per heavy atom. The van der Waals surface area contributed by atoms with E-state index >= 15 is 0 Å². The van der Waals surface area contributed by atoms with Gasteiger partial charge in [-0.05, 0) is 19.4 Å². The average Bonchev–Trinajstić information content (AvgIpc) is 1.77. The summed E-state index contributed by atoms with van der Waals surface area (Å²) in [7, 11) is 0. The molecule has 43 valence electrons. The molecule has 1 radical (unpaired) electrons. The van der Waals surface area contributed by atoms with Crippen LogP contribution in [0.15, 0.2) is 24.3 Å². The van der Waals surface area contributed by atoms with Gasteiger partial charge in [-0.2, -0.15) is 0 Å². The molecule has 0 aromatic heterocycles. The van der Waals surface area contributed by atoms with E-state index in [0.29, 0.717) is 0 Å². The molecule has 0 saturated heterocycles. The Labute approximate surface area is 99.1 Å². The van der Waals surface area contributed by atoms with Crippen LogP contribution in [-0.2, 0) is 0 Å². The van der Waals surface area contributed by atoms with Gasteiger partial charge in [0.2, 0.25) is 0 Å². The first-order valence-corrected chi connectivity index (χ1v) is 2.67. The van der Waals surface area contributed by atoms with E-state index in [4.69, 9.17) is 0 Å². The molecule has 0 bridgehead atoms. The monoisotopic (exact) mass is 145 g/mol. The van der Waals surface area contributed by atoms with Crippen molar-refractivity contribution in [2.75, 3.05) is 0 Å². The zero-order chi connectivity index (χ0) is 5.98. The molecule has 0 N–H and O–H groups in total. The number of hydrogen-bond acceptors (Lipinski definition) is 0. The molecule has 0 aliphatic rings. The third-order valence-corrected chi connectivity index (χ3v) is 1.12. The molecule has 1 rings (SSSR count). The summed E-state index contributed by atoms with van der Waals surface area (Å²) in [4.78, 5) is 0. The summed E-state index contributed by atoms with van der Waals surface area (Å²) >= 11 is 0. The van der Waals surface area contributed by atoms with Gasteiger partial charge in [-0.15, -0.1) is 0 Å². The van der Waals surface area contributed by atoms with Gasteiger partial charge in [0.25, 0.3) is 0 Å². The first kappa shape index (κ1) is 9.86. The number of benzene rings is 1. The standard InChI is InChI=1S/C8H9.K.H/c1-7-3-5-8(2)6-4-7;;/h3-6H,1H2,2H3;;. The molecule has 0 spiro atoms. The third-order valence-electron chi connectivity index (χ3n) is 1.12. The fourth-order valence-electron chi connectivity index (χ4n) is 0.588. The first-order valence-electron chi connectivity index (χ1n) is 2.67. The Morgan fingerprint density at radius 2 is 1.56 bits per heavy atom. The van der Waals surface area contributed by atoms with Crippen LogP contribution >= 0.6 is 0 Å². The van der Waals surface area contributed by atoms with Crippen LogP contribution in [0.2, 0.25) is 0 Å². The summed E-state index contributed by atoms with van der Waals surface area (Å²) in [5, 5.41) is 0. The zero-order valence-electron chi connectivity index (χ0n) is 5.02. The molecule has 0 fully saturated rings. The van der Waals surface area contributed by atoms with E-state index in [0.717, 1.165) is 5.56 Å². The van der Waals surface area contributed by atoms with E-state index < -0.39 is 0 Å². The number of hydrogen-bond donors (Lipinski definition) is 0. The maximum absolute atomic E-state index is 3.76. The van der Waals surface area contributed by atoms with Crippen LogP contribution in [0.1, 0.15) is 11.1 Å². The molecule has 0 aliphatic heterocycles. The maximum atomic E-state index is 3.76. The SMILES string of the molecule is [CH2]c1ccc(C)cc1.[KH]. The fourth-order valence-corrected chi connectivity index (χ4v) is 0.588. The molecule has 1 aromatic rings. The van der Waals surface area contributed by atoms with E-state index in [1.54, 1.807) is 0 Å². The van der Waals surface area contributed by atoms with E-state index in [1.165, 1.54) is 5.56 Å². The van der Waals surface area contributed by atoms with Crippen LogP contribution in [0.5, 0.6) is 0 Å². The fraction of sp³-hybridized carbons (Fsp3) is 0.125. The Hall–Kier alpha value is 0.856. The molecule has 0 saturated carbocycles. The van der Waals surface area contributed by atoms with Crippen molar-refractivity contribution in [3.8, 4) is 0 Å². The minimum atomic E-state index is 0. The summed E-state index contributed by atoms with van der Waals surface area (Å²) < 4.78 is 0. The Balaban J connectivity index is 0.000000640. The van der Waals surface area contributed by atoms with Crippen LogP contribution < -0.4 is 0 Å². The Morgan fingerprint density at radius 3 is 1.89 bits per heavy atom. The van der Waals surface area contributed by atoms with Gasteiger partial charge in [0.15, 0.2) is 0 Å². The molecule has 0 heterocycles. The summed E-state index contributed by atoms with van der Waals surface area (Å²) in [6, 6.07) is 8.13. The summed E-state index contributed by atoms with van der Waals surface area (Å²) in [6.07, 6.45) is 0. The predicted octanol–water partition coefficient (Wildman–Crippen LogP) is 1.53. The first-order chi connectivity index (χ1) is 3.79. The van der Waals surface area contributed by atoms with Gasteiger partial charge in [-0.3, -0.25) is 0 Å². The molecule has 1 aromatic carbocycles. The van der Waals surface area contributed by atoms with E-state index in [1.807, 2.05) is 12.1 Å². The van der Waals surface area contributed by atoms with Gasteiger partial charge in [0, 0.05) is 0 Å². The van der Waals surface area contributed by atoms with Crippen LogP contribution in [-0.4, -0.2) is 51.4 Å². The van der Waals surface area contributed by atoms with E-state index in [9.17, 15) is 0 Å². The molecule has 9 heavy (non-hydrogen) atoms. The second-order valence-electron chi connectivity index (χ2n) is 1.99. The van der Waals surface area contributed by atoms with Crippen molar-refractivity contribution in [2.45, 2.75) is 6.92 Å². The van der Waals surface area contributed by atoms with E-state index in [-0.39, 0.29) is 51.4 Å². The van der Waals surface area contributed by atoms with Gasteiger partial charge in [0.1, 0.15) is 0 Å². The van der Waals surface area contributed by atoms with Crippen molar-refractivity contribution in [3.05, 3.63) is 42.3 Å². The molecule has 0 aliphatic carbocycles. The van der Waals surface area contributed by atoms with Crippen molar-refractivity contribution >= 4 is 51.4 Å². The summed E-state index contributed by atoms with van der Waals surface area (Å²) in [5.74, 6) is 0.